The van der Waals surface area contributed by atoms with E-state index in [4.69, 9.17) is 14.6 Å². The van der Waals surface area contributed by atoms with Crippen LogP contribution in [0.3, 0.4) is 0 Å². The number of allylic oxidation sites excluding steroid dienone is 1. The number of halogens is 1. The minimum Gasteiger partial charge on any atom is -0.493 e. The molecule has 6 heteroatoms. The van der Waals surface area contributed by atoms with Gasteiger partial charge in [-0.1, -0.05) is 36.4 Å². The smallest absolute Gasteiger partial charge is 0.335 e. The quantitative estimate of drug-likeness (QED) is 0.435. The summed E-state index contributed by atoms with van der Waals surface area (Å²) in [5, 5.41) is 18.7. The molecule has 0 saturated carbocycles. The number of nitrogens with zero attached hydrogens (tertiary/aromatic N) is 1. The minimum atomic E-state index is -1.02. The fourth-order valence-electron chi connectivity index (χ4n) is 2.88. The van der Waals surface area contributed by atoms with Crippen LogP contribution in [0.4, 0.5) is 4.39 Å². The molecule has 0 atom stereocenters. The second-order valence-electron chi connectivity index (χ2n) is 6.35. The summed E-state index contributed by atoms with van der Waals surface area (Å²) in [7, 11) is 1.51. The first kappa shape index (κ1) is 20.6. The van der Waals surface area contributed by atoms with Gasteiger partial charge in [0.25, 0.3) is 0 Å². The van der Waals surface area contributed by atoms with Gasteiger partial charge in [0.05, 0.1) is 24.3 Å². The summed E-state index contributed by atoms with van der Waals surface area (Å²) in [6.45, 7) is 0.112. The average molecular weight is 403 g/mol. The van der Waals surface area contributed by atoms with Crippen LogP contribution in [0.2, 0.25) is 0 Å². The van der Waals surface area contributed by atoms with Gasteiger partial charge in [-0.15, -0.1) is 0 Å². The molecule has 3 aromatic rings. The second kappa shape index (κ2) is 9.39. The number of para-hydroxylation sites is 1. The zero-order valence-electron chi connectivity index (χ0n) is 16.1. The van der Waals surface area contributed by atoms with Crippen LogP contribution in [0.15, 0.2) is 66.7 Å². The molecule has 0 spiro atoms. The first-order valence-electron chi connectivity index (χ1n) is 9.01. The molecule has 150 valence electrons. The summed E-state index contributed by atoms with van der Waals surface area (Å²) in [5.74, 6) is -0.522. The van der Waals surface area contributed by atoms with Gasteiger partial charge in [0.15, 0.2) is 11.5 Å². The van der Waals surface area contributed by atoms with Crippen LogP contribution in [0.5, 0.6) is 11.5 Å². The lowest BCUT2D eigenvalue weighted by Crippen LogP contribution is -2.02. The molecule has 3 aromatic carbocycles. The lowest BCUT2D eigenvalue weighted by Gasteiger charge is -2.14. The van der Waals surface area contributed by atoms with E-state index in [1.165, 1.54) is 43.5 Å². The number of hydrogen-bond donors (Lipinski definition) is 1. The number of methoxy groups -OCH3 is 1. The van der Waals surface area contributed by atoms with Crippen LogP contribution in [-0.2, 0) is 6.61 Å². The number of carboxylic acids is 1. The second-order valence-corrected chi connectivity index (χ2v) is 6.35. The molecule has 0 fully saturated rings. The van der Waals surface area contributed by atoms with Gasteiger partial charge < -0.3 is 14.6 Å². The summed E-state index contributed by atoms with van der Waals surface area (Å²) in [6, 6.07) is 19.5. The summed E-state index contributed by atoms with van der Waals surface area (Å²) in [4.78, 5) is 11.2. The fraction of sp³-hybridized carbons (Fsp3) is 0.0833. The van der Waals surface area contributed by atoms with Crippen molar-refractivity contribution in [3.05, 3.63) is 94.8 Å². The van der Waals surface area contributed by atoms with E-state index in [-0.39, 0.29) is 18.0 Å². The van der Waals surface area contributed by atoms with Gasteiger partial charge >= 0.3 is 5.97 Å². The number of carboxylic acid groups (broad SMARTS) is 1. The number of nitriles is 1. The molecule has 5 nitrogen and oxygen atoms in total. The van der Waals surface area contributed by atoms with E-state index in [1.807, 2.05) is 0 Å². The van der Waals surface area contributed by atoms with E-state index >= 15 is 0 Å². The Bertz CT molecular complexity index is 1130. The largest absolute Gasteiger partial charge is 0.493 e. The van der Waals surface area contributed by atoms with E-state index in [1.54, 1.807) is 36.4 Å². The normalized spacial score (nSPS) is 10.9. The van der Waals surface area contributed by atoms with Crippen molar-refractivity contribution in [2.75, 3.05) is 7.11 Å². The van der Waals surface area contributed by atoms with Crippen molar-refractivity contribution in [3.63, 3.8) is 0 Å². The van der Waals surface area contributed by atoms with Gasteiger partial charge in [0, 0.05) is 5.56 Å². The van der Waals surface area contributed by atoms with Crippen LogP contribution in [-0.4, -0.2) is 18.2 Å². The number of rotatable bonds is 7. The highest BCUT2D eigenvalue weighted by Crippen LogP contribution is 2.34. The van der Waals surface area contributed by atoms with Crippen LogP contribution in [0.25, 0.3) is 11.6 Å². The lowest BCUT2D eigenvalue weighted by molar-refractivity contribution is 0.0696. The third kappa shape index (κ3) is 4.83. The Morgan fingerprint density at radius 2 is 1.83 bits per heavy atom. The third-order valence-corrected chi connectivity index (χ3v) is 4.36. The summed E-state index contributed by atoms with van der Waals surface area (Å²) < 4.78 is 24.5. The summed E-state index contributed by atoms with van der Waals surface area (Å²) in [6.07, 6.45) is 1.64. The molecule has 1 N–H and O–H groups in total. The Morgan fingerprint density at radius 1 is 1.10 bits per heavy atom. The average Bonchev–Trinajstić information content (AvgIpc) is 2.77. The predicted molar refractivity (Wildman–Crippen MR) is 111 cm³/mol. The van der Waals surface area contributed by atoms with Crippen molar-refractivity contribution >= 4 is 17.6 Å². The van der Waals surface area contributed by atoms with E-state index in [0.29, 0.717) is 33.8 Å². The maximum Gasteiger partial charge on any atom is 0.335 e. The number of carbonyl (C=O) groups is 1. The van der Waals surface area contributed by atoms with Gasteiger partial charge in [-0.25, -0.2) is 9.18 Å². The molecule has 0 aliphatic rings. The molecule has 0 saturated heterocycles. The van der Waals surface area contributed by atoms with Gasteiger partial charge in [-0.05, 0) is 47.5 Å². The monoisotopic (exact) mass is 403 g/mol. The maximum absolute atomic E-state index is 13.2. The highest BCUT2D eigenvalue weighted by Gasteiger charge is 2.12. The van der Waals surface area contributed by atoms with E-state index in [2.05, 4.69) is 6.07 Å². The first-order valence-corrected chi connectivity index (χ1v) is 9.01. The molecule has 0 amide bonds. The molecule has 0 aromatic heterocycles. The van der Waals surface area contributed by atoms with Crippen molar-refractivity contribution in [1.82, 2.24) is 0 Å². The van der Waals surface area contributed by atoms with Gasteiger partial charge in [0.2, 0.25) is 0 Å². The molecule has 0 bridgehead atoms. The topological polar surface area (TPSA) is 79.5 Å². The van der Waals surface area contributed by atoms with E-state index < -0.39 is 5.97 Å². The molecule has 0 aliphatic heterocycles. The Balaban J connectivity index is 1.95. The highest BCUT2D eigenvalue weighted by molar-refractivity contribution is 5.91. The Kier molecular flexibility index (Phi) is 6.46. The number of benzene rings is 3. The lowest BCUT2D eigenvalue weighted by atomic mass is 10.0. The molecule has 0 unspecified atom stereocenters. The molecule has 0 radical (unpaired) electrons. The summed E-state index contributed by atoms with van der Waals surface area (Å²) in [5.41, 5.74) is 2.35. The van der Waals surface area contributed by atoms with Crippen molar-refractivity contribution in [1.29, 1.82) is 5.26 Å². The fourth-order valence-corrected chi connectivity index (χ4v) is 2.88. The zero-order chi connectivity index (χ0) is 21.5. The molecule has 30 heavy (non-hydrogen) atoms. The SMILES string of the molecule is COc1cccc(/C=C(/C#N)c2ccc(F)cc2)c1OCc1cccc(C(=O)O)c1. The van der Waals surface area contributed by atoms with Crippen molar-refractivity contribution in [3.8, 4) is 17.6 Å². The minimum absolute atomic E-state index is 0.112. The Labute approximate surface area is 173 Å². The van der Waals surface area contributed by atoms with Gasteiger partial charge in [-0.2, -0.15) is 5.26 Å². The summed E-state index contributed by atoms with van der Waals surface area (Å²) >= 11 is 0. The highest BCUT2D eigenvalue weighted by atomic mass is 19.1. The van der Waals surface area contributed by atoms with Crippen LogP contribution in [0, 0.1) is 17.1 Å². The molecule has 0 heterocycles. The number of ether oxygens (including phenoxy) is 2. The van der Waals surface area contributed by atoms with Crippen molar-refractivity contribution in [2.24, 2.45) is 0 Å². The zero-order valence-corrected chi connectivity index (χ0v) is 16.1. The van der Waals surface area contributed by atoms with Gasteiger partial charge in [0.1, 0.15) is 12.4 Å². The van der Waals surface area contributed by atoms with Crippen LogP contribution >= 0.6 is 0 Å². The van der Waals surface area contributed by atoms with Crippen molar-refractivity contribution in [2.45, 2.75) is 6.61 Å². The Morgan fingerprint density at radius 3 is 2.50 bits per heavy atom. The van der Waals surface area contributed by atoms with E-state index in [0.717, 1.165) is 0 Å². The Hall–Kier alpha value is -4.11. The molecule has 0 aliphatic carbocycles. The van der Waals surface area contributed by atoms with Crippen LogP contribution < -0.4 is 9.47 Å². The van der Waals surface area contributed by atoms with Crippen LogP contribution in [0.1, 0.15) is 27.0 Å². The number of aromatic carboxylic acids is 1. The predicted octanol–water partition coefficient (Wildman–Crippen LogP) is 5.18. The van der Waals surface area contributed by atoms with Crippen molar-refractivity contribution < 1.29 is 23.8 Å². The molecular formula is C24H18FNO4. The van der Waals surface area contributed by atoms with Gasteiger partial charge in [-0.3, -0.25) is 0 Å². The van der Waals surface area contributed by atoms with E-state index in [9.17, 15) is 14.4 Å². The first-order chi connectivity index (χ1) is 14.5. The standard InChI is InChI=1S/C24H18FNO4/c1-29-22-7-3-5-18(13-20(14-26)17-8-10-21(25)11-9-17)23(22)30-15-16-4-2-6-19(12-16)24(27)28/h2-13H,15H2,1H3,(H,27,28)/b20-13-. The third-order valence-electron chi connectivity index (χ3n) is 4.36. The maximum atomic E-state index is 13.2. The molecule has 3 rings (SSSR count). The number of hydrogen-bond acceptors (Lipinski definition) is 4. The molecular weight excluding hydrogens is 385 g/mol.